The summed E-state index contributed by atoms with van der Waals surface area (Å²) in [6.45, 7) is 1.77. The van der Waals surface area contributed by atoms with Crippen LogP contribution in [0.5, 0.6) is 0 Å². The summed E-state index contributed by atoms with van der Waals surface area (Å²) in [4.78, 5) is 17.5. The van der Waals surface area contributed by atoms with Crippen LogP contribution in [-0.4, -0.2) is 16.5 Å². The average Bonchev–Trinajstić information content (AvgIpc) is 3.11. The van der Waals surface area contributed by atoms with Gasteiger partial charge in [0.2, 0.25) is 0 Å². The summed E-state index contributed by atoms with van der Waals surface area (Å²) in [5, 5.41) is 8.48. The van der Waals surface area contributed by atoms with E-state index < -0.39 is 0 Å². The molecule has 0 aliphatic heterocycles. The van der Waals surface area contributed by atoms with E-state index in [0.29, 0.717) is 23.4 Å². The van der Waals surface area contributed by atoms with Crippen molar-refractivity contribution in [3.63, 3.8) is 0 Å². The molecule has 1 heterocycles. The van der Waals surface area contributed by atoms with Crippen molar-refractivity contribution in [2.24, 2.45) is 0 Å². The van der Waals surface area contributed by atoms with E-state index in [2.05, 4.69) is 4.98 Å². The lowest BCUT2D eigenvalue weighted by atomic mass is 10.0. The molecular formula is C20H18N2OS. The molecule has 4 heteroatoms. The number of benzene rings is 2. The number of thiazole rings is 1. The highest BCUT2D eigenvalue weighted by molar-refractivity contribution is 7.16. The fraction of sp³-hybridized carbons (Fsp3) is 0.150. The number of ketones is 1. The topological polar surface area (TPSA) is 53.8 Å². The highest BCUT2D eigenvalue weighted by Gasteiger charge is 2.12. The fourth-order valence-corrected chi connectivity index (χ4v) is 3.31. The summed E-state index contributed by atoms with van der Waals surface area (Å²) in [6, 6.07) is 17.8. The zero-order chi connectivity index (χ0) is 16.9. The van der Waals surface area contributed by atoms with Crippen LogP contribution in [0.1, 0.15) is 34.1 Å². The lowest BCUT2D eigenvalue weighted by molar-refractivity contribution is 0.0986. The lowest BCUT2D eigenvalue weighted by Gasteiger charge is -2.02. The number of carbonyl (C=O) groups excluding carboxylic acids is 1. The predicted molar refractivity (Wildman–Crippen MR) is 99.1 cm³/mol. The first-order valence-electron chi connectivity index (χ1n) is 7.82. The van der Waals surface area contributed by atoms with E-state index in [-0.39, 0.29) is 5.78 Å². The number of nitrogens with zero attached hydrogens (tertiary/aromatic N) is 1. The van der Waals surface area contributed by atoms with E-state index in [9.17, 15) is 4.79 Å². The number of rotatable bonds is 6. The number of Topliss-reactive ketones (excluding diaryl/α,β-unsaturated/α-hetero) is 1. The number of hydrogen-bond donors (Lipinski definition) is 1. The van der Waals surface area contributed by atoms with E-state index >= 15 is 0 Å². The molecule has 3 nitrogen and oxygen atoms in total. The van der Waals surface area contributed by atoms with E-state index in [1.165, 1.54) is 11.3 Å². The minimum Gasteiger partial charge on any atom is -0.305 e. The van der Waals surface area contributed by atoms with Crippen molar-refractivity contribution in [2.45, 2.75) is 19.8 Å². The van der Waals surface area contributed by atoms with Crippen LogP contribution in [0.3, 0.4) is 0 Å². The van der Waals surface area contributed by atoms with Gasteiger partial charge in [0, 0.05) is 23.9 Å². The van der Waals surface area contributed by atoms with Crippen LogP contribution in [-0.2, 0) is 6.42 Å². The second kappa shape index (κ2) is 7.32. The van der Waals surface area contributed by atoms with Crippen molar-refractivity contribution in [1.29, 1.82) is 5.41 Å². The van der Waals surface area contributed by atoms with Gasteiger partial charge < -0.3 is 5.41 Å². The maximum absolute atomic E-state index is 12.4. The maximum atomic E-state index is 12.4. The molecule has 3 rings (SSSR count). The molecule has 0 saturated heterocycles. The van der Waals surface area contributed by atoms with Gasteiger partial charge >= 0.3 is 0 Å². The Hall–Kier alpha value is -2.59. The second-order valence-corrected chi connectivity index (χ2v) is 6.67. The van der Waals surface area contributed by atoms with Gasteiger partial charge in [-0.15, -0.1) is 11.3 Å². The Kier molecular flexibility index (Phi) is 4.96. The normalized spacial score (nSPS) is 10.5. The van der Waals surface area contributed by atoms with Gasteiger partial charge in [-0.3, -0.25) is 4.79 Å². The highest BCUT2D eigenvalue weighted by atomic mass is 32.1. The molecule has 0 bridgehead atoms. The number of carbonyl (C=O) groups is 1. The standard InChI is InChI=1S/C20H18N2OS/c1-14(21)16-10-7-15(8-11-16)9-12-18(23)19-13-22-20(24-19)17-5-3-2-4-6-17/h2-8,10-11,13,21H,9,12H2,1H3. The molecule has 3 aromatic rings. The first-order chi connectivity index (χ1) is 11.6. The predicted octanol–water partition coefficient (Wildman–Crippen LogP) is 5.01. The molecule has 0 spiro atoms. The fourth-order valence-electron chi connectivity index (χ4n) is 2.42. The summed E-state index contributed by atoms with van der Waals surface area (Å²) in [7, 11) is 0. The molecule has 120 valence electrons. The SMILES string of the molecule is CC(=N)c1ccc(CCC(=O)c2cnc(-c3ccccc3)s2)cc1. The molecule has 1 N–H and O–H groups in total. The van der Waals surface area contributed by atoms with E-state index in [1.807, 2.05) is 54.6 Å². The number of aryl methyl sites for hydroxylation is 1. The molecule has 0 aliphatic rings. The molecule has 1 aromatic heterocycles. The minimum atomic E-state index is 0.127. The second-order valence-electron chi connectivity index (χ2n) is 5.64. The Morgan fingerprint density at radius 3 is 2.46 bits per heavy atom. The minimum absolute atomic E-state index is 0.127. The van der Waals surface area contributed by atoms with Crippen LogP contribution >= 0.6 is 11.3 Å². The summed E-state index contributed by atoms with van der Waals surface area (Å²) < 4.78 is 0. The maximum Gasteiger partial charge on any atom is 0.174 e. The van der Waals surface area contributed by atoms with Crippen LogP contribution in [0.4, 0.5) is 0 Å². The van der Waals surface area contributed by atoms with Crippen molar-refractivity contribution >= 4 is 22.8 Å². The first kappa shape index (κ1) is 16.3. The Morgan fingerprint density at radius 1 is 1.08 bits per heavy atom. The van der Waals surface area contributed by atoms with Gasteiger partial charge in [-0.05, 0) is 24.5 Å². The van der Waals surface area contributed by atoms with E-state index in [0.717, 1.165) is 21.7 Å². The van der Waals surface area contributed by atoms with Gasteiger partial charge in [0.05, 0.1) is 4.88 Å². The van der Waals surface area contributed by atoms with Gasteiger partial charge in [-0.1, -0.05) is 54.6 Å². The zero-order valence-corrected chi connectivity index (χ0v) is 14.3. The van der Waals surface area contributed by atoms with Crippen molar-refractivity contribution in [1.82, 2.24) is 4.98 Å². The van der Waals surface area contributed by atoms with Gasteiger partial charge in [-0.2, -0.15) is 0 Å². The quantitative estimate of drug-likeness (QED) is 0.509. The van der Waals surface area contributed by atoms with Crippen LogP contribution in [0, 0.1) is 5.41 Å². The molecular weight excluding hydrogens is 316 g/mol. The Balaban J connectivity index is 1.63. The van der Waals surface area contributed by atoms with E-state index in [4.69, 9.17) is 5.41 Å². The van der Waals surface area contributed by atoms with Crippen LogP contribution in [0.25, 0.3) is 10.6 Å². The first-order valence-corrected chi connectivity index (χ1v) is 8.64. The molecule has 2 aromatic carbocycles. The third-order valence-electron chi connectivity index (χ3n) is 3.83. The van der Waals surface area contributed by atoms with Gasteiger partial charge in [0.1, 0.15) is 5.01 Å². The molecule has 0 fully saturated rings. The summed E-state index contributed by atoms with van der Waals surface area (Å²) >= 11 is 1.45. The Labute approximate surface area is 145 Å². The molecule has 0 saturated carbocycles. The molecule has 0 radical (unpaired) electrons. The summed E-state index contributed by atoms with van der Waals surface area (Å²) in [6.07, 6.45) is 2.85. The Morgan fingerprint density at radius 2 is 1.79 bits per heavy atom. The molecule has 0 amide bonds. The number of aromatic nitrogens is 1. The number of nitrogens with one attached hydrogen (secondary N) is 1. The average molecular weight is 334 g/mol. The van der Waals surface area contributed by atoms with E-state index in [1.54, 1.807) is 13.1 Å². The van der Waals surface area contributed by atoms with Gasteiger partial charge in [0.15, 0.2) is 5.78 Å². The van der Waals surface area contributed by atoms with Crippen LogP contribution in [0.15, 0.2) is 60.8 Å². The molecule has 24 heavy (non-hydrogen) atoms. The van der Waals surface area contributed by atoms with Crippen molar-refractivity contribution in [3.05, 3.63) is 76.8 Å². The van der Waals surface area contributed by atoms with Crippen molar-refractivity contribution < 1.29 is 4.79 Å². The number of hydrogen-bond acceptors (Lipinski definition) is 4. The van der Waals surface area contributed by atoms with Crippen LogP contribution in [0.2, 0.25) is 0 Å². The van der Waals surface area contributed by atoms with Crippen molar-refractivity contribution in [3.8, 4) is 10.6 Å². The summed E-state index contributed by atoms with van der Waals surface area (Å²) in [5.74, 6) is 0.127. The zero-order valence-electron chi connectivity index (χ0n) is 13.5. The third-order valence-corrected chi connectivity index (χ3v) is 4.92. The van der Waals surface area contributed by atoms with Crippen molar-refractivity contribution in [2.75, 3.05) is 0 Å². The highest BCUT2D eigenvalue weighted by Crippen LogP contribution is 2.25. The van der Waals surface area contributed by atoms with Gasteiger partial charge in [-0.25, -0.2) is 4.98 Å². The largest absolute Gasteiger partial charge is 0.305 e. The Bertz CT molecular complexity index is 851. The molecule has 0 atom stereocenters. The summed E-state index contributed by atoms with van der Waals surface area (Å²) in [5.41, 5.74) is 3.62. The smallest absolute Gasteiger partial charge is 0.174 e. The van der Waals surface area contributed by atoms with Gasteiger partial charge in [0.25, 0.3) is 0 Å². The molecule has 0 aliphatic carbocycles. The molecule has 0 unspecified atom stereocenters. The third kappa shape index (κ3) is 3.84. The van der Waals surface area contributed by atoms with Crippen LogP contribution < -0.4 is 0 Å². The lowest BCUT2D eigenvalue weighted by Crippen LogP contribution is -1.99. The monoisotopic (exact) mass is 334 g/mol.